The number of hydrogen-bond acceptors (Lipinski definition) is 4. The van der Waals surface area contributed by atoms with E-state index in [0.29, 0.717) is 0 Å². The normalized spacial score (nSPS) is 15.9. The highest BCUT2D eigenvalue weighted by molar-refractivity contribution is 5.82. The van der Waals surface area contributed by atoms with Gasteiger partial charge in [0.1, 0.15) is 6.26 Å². The van der Waals surface area contributed by atoms with Gasteiger partial charge in [0.2, 0.25) is 0 Å². The Morgan fingerprint density at radius 2 is 2.00 bits per heavy atom. The first-order valence-corrected chi connectivity index (χ1v) is 4.67. The summed E-state index contributed by atoms with van der Waals surface area (Å²) in [4.78, 5) is 21.9. The molecule has 14 heavy (non-hydrogen) atoms. The molecule has 1 aliphatic carbocycles. The molecule has 1 aliphatic rings. The van der Waals surface area contributed by atoms with Gasteiger partial charge in [-0.25, -0.2) is 4.79 Å². The first kappa shape index (κ1) is 10.8. The Hall–Kier alpha value is -1.32. The monoisotopic (exact) mass is 198 g/mol. The van der Waals surface area contributed by atoms with Crippen molar-refractivity contribution in [2.45, 2.75) is 32.8 Å². The third-order valence-corrected chi connectivity index (χ3v) is 1.65. The standard InChI is InChI=1S/C10H14O4/c1-7(2)14-9(11)5-6-13-10(12)8-3-4-8/h5-8H,3-4H2,1-2H3. The van der Waals surface area contributed by atoms with Crippen LogP contribution in [0, 0.1) is 5.92 Å². The molecule has 1 fully saturated rings. The molecule has 78 valence electrons. The van der Waals surface area contributed by atoms with Gasteiger partial charge in [-0.05, 0) is 26.7 Å². The van der Waals surface area contributed by atoms with E-state index in [9.17, 15) is 9.59 Å². The summed E-state index contributed by atoms with van der Waals surface area (Å²) in [6, 6.07) is 0. The van der Waals surface area contributed by atoms with E-state index >= 15 is 0 Å². The van der Waals surface area contributed by atoms with Gasteiger partial charge < -0.3 is 9.47 Å². The largest absolute Gasteiger partial charge is 0.460 e. The maximum Gasteiger partial charge on any atom is 0.334 e. The molecule has 1 rings (SSSR count). The zero-order valence-electron chi connectivity index (χ0n) is 8.36. The summed E-state index contributed by atoms with van der Waals surface area (Å²) >= 11 is 0. The molecule has 0 saturated heterocycles. The van der Waals surface area contributed by atoms with Crippen molar-refractivity contribution in [1.82, 2.24) is 0 Å². The van der Waals surface area contributed by atoms with Gasteiger partial charge in [0, 0.05) is 0 Å². The Balaban J connectivity index is 2.18. The number of esters is 2. The van der Waals surface area contributed by atoms with E-state index in [1.54, 1.807) is 13.8 Å². The summed E-state index contributed by atoms with van der Waals surface area (Å²) in [5.74, 6) is -0.719. The SMILES string of the molecule is CC(C)OC(=O)C=COC(=O)C1CC1. The fourth-order valence-corrected chi connectivity index (χ4v) is 0.843. The molecular weight excluding hydrogens is 184 g/mol. The van der Waals surface area contributed by atoms with Gasteiger partial charge in [0.05, 0.1) is 18.1 Å². The molecule has 0 spiro atoms. The molecule has 0 aromatic heterocycles. The topological polar surface area (TPSA) is 52.6 Å². The molecule has 4 heteroatoms. The van der Waals surface area contributed by atoms with Crippen molar-refractivity contribution >= 4 is 11.9 Å². The Morgan fingerprint density at radius 1 is 1.36 bits per heavy atom. The lowest BCUT2D eigenvalue weighted by molar-refractivity contribution is -0.141. The van der Waals surface area contributed by atoms with Crippen LogP contribution in [0.4, 0.5) is 0 Å². The lowest BCUT2D eigenvalue weighted by Gasteiger charge is -2.03. The van der Waals surface area contributed by atoms with Gasteiger partial charge in [-0.1, -0.05) is 0 Å². The molecular formula is C10H14O4. The number of hydrogen-bond donors (Lipinski definition) is 0. The minimum atomic E-state index is -0.497. The van der Waals surface area contributed by atoms with Gasteiger partial charge in [0.25, 0.3) is 0 Å². The van der Waals surface area contributed by atoms with Crippen molar-refractivity contribution < 1.29 is 19.1 Å². The van der Waals surface area contributed by atoms with Gasteiger partial charge in [-0.3, -0.25) is 4.79 Å². The second-order valence-electron chi connectivity index (χ2n) is 3.50. The van der Waals surface area contributed by atoms with E-state index < -0.39 is 5.97 Å². The second-order valence-corrected chi connectivity index (χ2v) is 3.50. The first-order chi connectivity index (χ1) is 6.59. The Morgan fingerprint density at radius 3 is 2.50 bits per heavy atom. The van der Waals surface area contributed by atoms with Gasteiger partial charge in [0.15, 0.2) is 0 Å². The van der Waals surface area contributed by atoms with Crippen LogP contribution in [-0.2, 0) is 19.1 Å². The summed E-state index contributed by atoms with van der Waals surface area (Å²) in [6.07, 6.45) is 3.82. The minimum Gasteiger partial charge on any atom is -0.460 e. The van der Waals surface area contributed by atoms with Gasteiger partial charge >= 0.3 is 11.9 Å². The third-order valence-electron chi connectivity index (χ3n) is 1.65. The molecule has 0 aromatic rings. The van der Waals surface area contributed by atoms with Crippen molar-refractivity contribution in [3.63, 3.8) is 0 Å². The number of ether oxygens (including phenoxy) is 2. The van der Waals surface area contributed by atoms with E-state index in [-0.39, 0.29) is 18.0 Å². The molecule has 0 atom stereocenters. The van der Waals surface area contributed by atoms with Crippen LogP contribution in [0.5, 0.6) is 0 Å². The van der Waals surface area contributed by atoms with Crippen LogP contribution in [0.3, 0.4) is 0 Å². The van der Waals surface area contributed by atoms with E-state index in [0.717, 1.165) is 25.2 Å². The smallest absolute Gasteiger partial charge is 0.334 e. The van der Waals surface area contributed by atoms with Crippen molar-refractivity contribution in [3.8, 4) is 0 Å². The lowest BCUT2D eigenvalue weighted by Crippen LogP contribution is -2.09. The van der Waals surface area contributed by atoms with E-state index in [1.807, 2.05) is 0 Å². The van der Waals surface area contributed by atoms with Crippen molar-refractivity contribution in [3.05, 3.63) is 12.3 Å². The summed E-state index contributed by atoms with van der Waals surface area (Å²) in [7, 11) is 0. The predicted molar refractivity (Wildman–Crippen MR) is 49.2 cm³/mol. The summed E-state index contributed by atoms with van der Waals surface area (Å²) in [5.41, 5.74) is 0. The minimum absolute atomic E-state index is 0.0424. The molecule has 0 bridgehead atoms. The van der Waals surface area contributed by atoms with Crippen LogP contribution in [0.2, 0.25) is 0 Å². The van der Waals surface area contributed by atoms with Crippen molar-refractivity contribution in [1.29, 1.82) is 0 Å². The number of carbonyl (C=O) groups is 2. The van der Waals surface area contributed by atoms with Crippen LogP contribution >= 0.6 is 0 Å². The first-order valence-electron chi connectivity index (χ1n) is 4.67. The van der Waals surface area contributed by atoms with Crippen LogP contribution in [0.25, 0.3) is 0 Å². The highest BCUT2D eigenvalue weighted by Crippen LogP contribution is 2.30. The maximum absolute atomic E-state index is 11.0. The average Bonchev–Trinajstić information content (AvgIpc) is 2.84. The molecule has 1 saturated carbocycles. The Labute approximate surface area is 82.9 Å². The summed E-state index contributed by atoms with van der Waals surface area (Å²) in [5, 5.41) is 0. The van der Waals surface area contributed by atoms with Gasteiger partial charge in [-0.15, -0.1) is 0 Å². The van der Waals surface area contributed by atoms with E-state index in [1.165, 1.54) is 0 Å². The lowest BCUT2D eigenvalue weighted by atomic mass is 10.4. The quantitative estimate of drug-likeness (QED) is 0.389. The highest BCUT2D eigenvalue weighted by Gasteiger charge is 2.30. The second kappa shape index (κ2) is 4.79. The maximum atomic E-state index is 11.0. The highest BCUT2D eigenvalue weighted by atomic mass is 16.5. The van der Waals surface area contributed by atoms with Crippen molar-refractivity contribution in [2.75, 3.05) is 0 Å². The van der Waals surface area contributed by atoms with Crippen LogP contribution in [0.1, 0.15) is 26.7 Å². The Bertz CT molecular complexity index is 251. The fourth-order valence-electron chi connectivity index (χ4n) is 0.843. The molecule has 0 N–H and O–H groups in total. The van der Waals surface area contributed by atoms with Crippen molar-refractivity contribution in [2.24, 2.45) is 5.92 Å². The molecule has 0 radical (unpaired) electrons. The molecule has 0 heterocycles. The van der Waals surface area contributed by atoms with Crippen LogP contribution < -0.4 is 0 Å². The molecule has 4 nitrogen and oxygen atoms in total. The van der Waals surface area contributed by atoms with E-state index in [4.69, 9.17) is 9.47 Å². The number of carbonyl (C=O) groups excluding carboxylic acids is 2. The van der Waals surface area contributed by atoms with Gasteiger partial charge in [-0.2, -0.15) is 0 Å². The molecule has 0 aliphatic heterocycles. The Kier molecular flexibility index (Phi) is 3.68. The zero-order chi connectivity index (χ0) is 10.6. The van der Waals surface area contributed by atoms with Crippen LogP contribution in [-0.4, -0.2) is 18.0 Å². The van der Waals surface area contributed by atoms with E-state index in [2.05, 4.69) is 0 Å². The number of rotatable bonds is 4. The molecule has 0 amide bonds. The van der Waals surface area contributed by atoms with Crippen LogP contribution in [0.15, 0.2) is 12.3 Å². The molecule has 0 aromatic carbocycles. The zero-order valence-corrected chi connectivity index (χ0v) is 8.36. The average molecular weight is 198 g/mol. The summed E-state index contributed by atoms with van der Waals surface area (Å²) < 4.78 is 9.49. The third kappa shape index (κ3) is 4.07. The molecule has 0 unspecified atom stereocenters. The predicted octanol–water partition coefficient (Wildman–Crippen LogP) is 1.40. The summed E-state index contributed by atoms with van der Waals surface area (Å²) in [6.45, 7) is 3.50. The fraction of sp³-hybridized carbons (Fsp3) is 0.600.